The summed E-state index contributed by atoms with van der Waals surface area (Å²) in [6.45, 7) is 12.4. The molecule has 2 nitrogen and oxygen atoms in total. The zero-order valence-electron chi connectivity index (χ0n) is 12.7. The maximum absolute atomic E-state index is 6.25. The van der Waals surface area contributed by atoms with Crippen molar-refractivity contribution < 1.29 is 4.74 Å². The summed E-state index contributed by atoms with van der Waals surface area (Å²) in [5.74, 6) is 1.37. The Hall–Kier alpha value is -0.730. The van der Waals surface area contributed by atoms with Crippen molar-refractivity contribution >= 4 is 11.6 Å². The zero-order valence-corrected chi connectivity index (χ0v) is 13.5. The Morgan fingerprint density at radius 1 is 1.21 bits per heavy atom. The molecule has 0 aliphatic heterocycles. The van der Waals surface area contributed by atoms with E-state index in [1.807, 2.05) is 13.0 Å². The molecular weight excluding hydrogens is 258 g/mol. The van der Waals surface area contributed by atoms with E-state index in [9.17, 15) is 0 Å². The third-order valence-corrected chi connectivity index (χ3v) is 3.37. The monoisotopic (exact) mass is 283 g/mol. The predicted molar refractivity (Wildman–Crippen MR) is 83.5 cm³/mol. The molecule has 0 aliphatic rings. The minimum atomic E-state index is 0.415. The Morgan fingerprint density at radius 2 is 1.89 bits per heavy atom. The lowest BCUT2D eigenvalue weighted by molar-refractivity contribution is 0.304. The molecule has 108 valence electrons. The molecule has 0 unspecified atom stereocenters. The number of nitrogens with one attached hydrogen (secondary N) is 1. The Labute approximate surface area is 122 Å². The van der Waals surface area contributed by atoms with Gasteiger partial charge in [0.15, 0.2) is 0 Å². The molecule has 0 saturated carbocycles. The van der Waals surface area contributed by atoms with Gasteiger partial charge in [-0.15, -0.1) is 0 Å². The van der Waals surface area contributed by atoms with E-state index in [0.717, 1.165) is 41.5 Å². The molecule has 1 aromatic carbocycles. The summed E-state index contributed by atoms with van der Waals surface area (Å²) < 4.78 is 5.87. The van der Waals surface area contributed by atoms with E-state index in [0.29, 0.717) is 12.0 Å². The van der Waals surface area contributed by atoms with Crippen molar-refractivity contribution in [3.63, 3.8) is 0 Å². The highest BCUT2D eigenvalue weighted by Gasteiger charge is 2.09. The number of ether oxygens (including phenoxy) is 1. The molecule has 1 rings (SSSR count). The van der Waals surface area contributed by atoms with Crippen molar-refractivity contribution in [2.45, 2.75) is 53.0 Å². The van der Waals surface area contributed by atoms with Crippen LogP contribution in [-0.4, -0.2) is 19.2 Å². The molecule has 0 radical (unpaired) electrons. The van der Waals surface area contributed by atoms with E-state index in [2.05, 4.69) is 39.1 Å². The topological polar surface area (TPSA) is 21.3 Å². The van der Waals surface area contributed by atoms with E-state index in [1.54, 1.807) is 0 Å². The van der Waals surface area contributed by atoms with Crippen LogP contribution in [0.2, 0.25) is 5.02 Å². The molecule has 0 spiro atoms. The van der Waals surface area contributed by atoms with Crippen molar-refractivity contribution in [1.29, 1.82) is 0 Å². The standard InChI is InChI=1S/C16H26ClNO/c1-11(2)14-10-16(13(5)9-15(14)17)19-8-6-7-18-12(3)4/h9-12,18H,6-8H2,1-5H3. The van der Waals surface area contributed by atoms with Crippen LogP contribution in [0.1, 0.15) is 51.2 Å². The summed E-state index contributed by atoms with van der Waals surface area (Å²) in [6.07, 6.45) is 1.01. The van der Waals surface area contributed by atoms with Crippen molar-refractivity contribution in [2.75, 3.05) is 13.2 Å². The predicted octanol–water partition coefficient (Wildman–Crippen LogP) is 4.54. The number of hydrogen-bond donors (Lipinski definition) is 1. The highest BCUT2D eigenvalue weighted by molar-refractivity contribution is 6.31. The Balaban J connectivity index is 2.56. The fourth-order valence-corrected chi connectivity index (χ4v) is 2.35. The van der Waals surface area contributed by atoms with Gasteiger partial charge in [-0.05, 0) is 49.1 Å². The highest BCUT2D eigenvalue weighted by atomic mass is 35.5. The average Bonchev–Trinajstić information content (AvgIpc) is 2.30. The molecule has 0 atom stereocenters. The molecule has 0 fully saturated rings. The number of aryl methyl sites for hydroxylation is 1. The summed E-state index contributed by atoms with van der Waals surface area (Å²) in [5.41, 5.74) is 2.26. The molecule has 1 aromatic rings. The number of hydrogen-bond acceptors (Lipinski definition) is 2. The van der Waals surface area contributed by atoms with Crippen molar-refractivity contribution in [3.8, 4) is 5.75 Å². The minimum absolute atomic E-state index is 0.415. The molecule has 0 aliphatic carbocycles. The molecule has 0 bridgehead atoms. The summed E-state index contributed by atoms with van der Waals surface area (Å²) >= 11 is 6.25. The Morgan fingerprint density at radius 3 is 2.47 bits per heavy atom. The summed E-state index contributed by atoms with van der Waals surface area (Å²) in [5, 5.41) is 4.22. The highest BCUT2D eigenvalue weighted by Crippen LogP contribution is 2.31. The summed E-state index contributed by atoms with van der Waals surface area (Å²) in [6, 6.07) is 4.61. The second-order valence-corrected chi connectivity index (χ2v) is 6.01. The van der Waals surface area contributed by atoms with Crippen LogP contribution in [-0.2, 0) is 0 Å². The van der Waals surface area contributed by atoms with Crippen LogP contribution in [0.5, 0.6) is 5.75 Å². The first-order valence-corrected chi connectivity index (χ1v) is 7.45. The fourth-order valence-electron chi connectivity index (χ4n) is 1.91. The maximum Gasteiger partial charge on any atom is 0.122 e. The lowest BCUT2D eigenvalue weighted by Gasteiger charge is -2.15. The number of rotatable bonds is 7. The number of benzene rings is 1. The second-order valence-electron chi connectivity index (χ2n) is 5.60. The van der Waals surface area contributed by atoms with Gasteiger partial charge in [0.05, 0.1) is 6.61 Å². The molecular formula is C16H26ClNO. The van der Waals surface area contributed by atoms with Crippen molar-refractivity contribution in [1.82, 2.24) is 5.32 Å². The summed E-state index contributed by atoms with van der Waals surface area (Å²) in [4.78, 5) is 0. The van der Waals surface area contributed by atoms with Crippen LogP contribution in [0, 0.1) is 6.92 Å². The molecule has 3 heteroatoms. The van der Waals surface area contributed by atoms with Gasteiger partial charge in [0.1, 0.15) is 5.75 Å². The van der Waals surface area contributed by atoms with Gasteiger partial charge >= 0.3 is 0 Å². The Kier molecular flexibility index (Phi) is 6.67. The van der Waals surface area contributed by atoms with Crippen molar-refractivity contribution in [3.05, 3.63) is 28.3 Å². The molecule has 0 saturated heterocycles. The summed E-state index contributed by atoms with van der Waals surface area (Å²) in [7, 11) is 0. The van der Waals surface area contributed by atoms with Gasteiger partial charge in [0.25, 0.3) is 0 Å². The fraction of sp³-hybridized carbons (Fsp3) is 0.625. The largest absolute Gasteiger partial charge is 0.493 e. The van der Waals surface area contributed by atoms with Gasteiger partial charge < -0.3 is 10.1 Å². The van der Waals surface area contributed by atoms with Crippen LogP contribution in [0.25, 0.3) is 0 Å². The third-order valence-electron chi connectivity index (χ3n) is 3.05. The maximum atomic E-state index is 6.25. The van der Waals surface area contributed by atoms with Crippen molar-refractivity contribution in [2.24, 2.45) is 0 Å². The lowest BCUT2D eigenvalue weighted by atomic mass is 10.0. The first-order chi connectivity index (χ1) is 8.91. The first kappa shape index (κ1) is 16.3. The van der Waals surface area contributed by atoms with Crippen LogP contribution < -0.4 is 10.1 Å². The van der Waals surface area contributed by atoms with E-state index >= 15 is 0 Å². The second kappa shape index (κ2) is 7.76. The van der Waals surface area contributed by atoms with Gasteiger partial charge in [-0.3, -0.25) is 0 Å². The van der Waals surface area contributed by atoms with Crippen LogP contribution in [0.4, 0.5) is 0 Å². The van der Waals surface area contributed by atoms with E-state index < -0.39 is 0 Å². The Bertz CT molecular complexity index is 402. The molecule has 19 heavy (non-hydrogen) atoms. The SMILES string of the molecule is Cc1cc(Cl)c(C(C)C)cc1OCCCNC(C)C. The van der Waals surface area contributed by atoms with Crippen LogP contribution in [0.15, 0.2) is 12.1 Å². The molecule has 0 heterocycles. The molecule has 0 amide bonds. The average molecular weight is 284 g/mol. The van der Waals surface area contributed by atoms with E-state index in [1.165, 1.54) is 0 Å². The van der Waals surface area contributed by atoms with Gasteiger partial charge in [-0.2, -0.15) is 0 Å². The quantitative estimate of drug-likeness (QED) is 0.742. The van der Waals surface area contributed by atoms with Crippen LogP contribution >= 0.6 is 11.6 Å². The van der Waals surface area contributed by atoms with Gasteiger partial charge in [-0.1, -0.05) is 39.3 Å². The van der Waals surface area contributed by atoms with Gasteiger partial charge in [0.2, 0.25) is 0 Å². The lowest BCUT2D eigenvalue weighted by Crippen LogP contribution is -2.24. The minimum Gasteiger partial charge on any atom is -0.493 e. The molecule has 0 aromatic heterocycles. The smallest absolute Gasteiger partial charge is 0.122 e. The van der Waals surface area contributed by atoms with Gasteiger partial charge in [0, 0.05) is 11.1 Å². The van der Waals surface area contributed by atoms with E-state index in [4.69, 9.17) is 16.3 Å². The van der Waals surface area contributed by atoms with E-state index in [-0.39, 0.29) is 0 Å². The van der Waals surface area contributed by atoms with Crippen LogP contribution in [0.3, 0.4) is 0 Å². The third kappa shape index (κ3) is 5.42. The van der Waals surface area contributed by atoms with Gasteiger partial charge in [-0.25, -0.2) is 0 Å². The number of halogens is 1. The first-order valence-electron chi connectivity index (χ1n) is 7.08. The zero-order chi connectivity index (χ0) is 14.4. The normalized spacial score (nSPS) is 11.4. The molecule has 1 N–H and O–H groups in total.